The third kappa shape index (κ3) is 3.85. The van der Waals surface area contributed by atoms with Gasteiger partial charge in [-0.25, -0.2) is 4.98 Å². The number of carbonyl (C=O) groups is 1. The third-order valence-corrected chi connectivity index (χ3v) is 5.17. The van der Waals surface area contributed by atoms with Gasteiger partial charge >= 0.3 is 0 Å². The topological polar surface area (TPSA) is 59.8 Å². The van der Waals surface area contributed by atoms with Crippen molar-refractivity contribution in [1.29, 1.82) is 0 Å². The summed E-state index contributed by atoms with van der Waals surface area (Å²) in [7, 11) is 0. The van der Waals surface area contributed by atoms with E-state index in [1.807, 2.05) is 59.3 Å². The van der Waals surface area contributed by atoms with Crippen LogP contribution in [0.2, 0.25) is 0 Å². The highest BCUT2D eigenvalue weighted by atomic mass is 32.2. The number of amides is 1. The molecule has 1 N–H and O–H groups in total. The molecule has 6 heteroatoms. The molecule has 0 aliphatic carbocycles. The van der Waals surface area contributed by atoms with Gasteiger partial charge in [0, 0.05) is 29.7 Å². The largest absolute Gasteiger partial charge is 0.325 e. The summed E-state index contributed by atoms with van der Waals surface area (Å²) in [6.07, 6.45) is 5.43. The van der Waals surface area contributed by atoms with Crippen molar-refractivity contribution in [3.05, 3.63) is 78.8 Å². The van der Waals surface area contributed by atoms with E-state index in [4.69, 9.17) is 0 Å². The van der Waals surface area contributed by atoms with Gasteiger partial charge in [0.15, 0.2) is 5.16 Å². The van der Waals surface area contributed by atoms with Gasteiger partial charge in [-0.05, 0) is 42.8 Å². The maximum Gasteiger partial charge on any atom is 0.234 e. The highest BCUT2D eigenvalue weighted by molar-refractivity contribution is 7.99. The summed E-state index contributed by atoms with van der Waals surface area (Å²) in [5.74, 6) is 0.219. The lowest BCUT2D eigenvalue weighted by Gasteiger charge is -2.10. The Bertz CT molecular complexity index is 1110. The number of aromatic nitrogens is 3. The van der Waals surface area contributed by atoms with E-state index in [2.05, 4.69) is 28.3 Å². The van der Waals surface area contributed by atoms with Crippen molar-refractivity contribution < 1.29 is 4.79 Å². The molecule has 27 heavy (non-hydrogen) atoms. The van der Waals surface area contributed by atoms with E-state index in [1.54, 1.807) is 12.4 Å². The minimum atomic E-state index is -0.0671. The van der Waals surface area contributed by atoms with E-state index in [-0.39, 0.29) is 11.7 Å². The van der Waals surface area contributed by atoms with Gasteiger partial charge in [-0.2, -0.15) is 0 Å². The minimum Gasteiger partial charge on any atom is -0.325 e. The van der Waals surface area contributed by atoms with Crippen LogP contribution in [0.1, 0.15) is 5.56 Å². The van der Waals surface area contributed by atoms with Crippen LogP contribution < -0.4 is 5.32 Å². The number of aryl methyl sites for hydroxylation is 1. The molecule has 2 aromatic carbocycles. The molecule has 1 amide bonds. The number of anilines is 1. The molecule has 4 aromatic rings. The Morgan fingerprint density at radius 2 is 1.96 bits per heavy atom. The molecule has 2 aromatic heterocycles. The molecule has 0 unspecified atom stereocenters. The predicted octanol–water partition coefficient (Wildman–Crippen LogP) is 4.46. The van der Waals surface area contributed by atoms with Crippen LogP contribution in [0.4, 0.5) is 5.69 Å². The summed E-state index contributed by atoms with van der Waals surface area (Å²) < 4.78 is 2.01. The first-order chi connectivity index (χ1) is 13.2. The first-order valence-corrected chi connectivity index (χ1v) is 9.56. The molecular weight excluding hydrogens is 356 g/mol. The number of hydrogen-bond donors (Lipinski definition) is 1. The van der Waals surface area contributed by atoms with Crippen molar-refractivity contribution in [1.82, 2.24) is 14.5 Å². The van der Waals surface area contributed by atoms with Gasteiger partial charge in [0.1, 0.15) is 0 Å². The summed E-state index contributed by atoms with van der Waals surface area (Å²) in [6, 6.07) is 17.7. The summed E-state index contributed by atoms with van der Waals surface area (Å²) >= 11 is 1.42. The van der Waals surface area contributed by atoms with Crippen molar-refractivity contribution in [3.63, 3.8) is 0 Å². The van der Waals surface area contributed by atoms with Crippen molar-refractivity contribution in [2.24, 2.45) is 0 Å². The van der Waals surface area contributed by atoms with Crippen molar-refractivity contribution >= 4 is 34.3 Å². The fourth-order valence-corrected chi connectivity index (χ4v) is 3.66. The van der Waals surface area contributed by atoms with E-state index >= 15 is 0 Å². The van der Waals surface area contributed by atoms with Crippen molar-refractivity contribution in [2.75, 3.05) is 11.1 Å². The number of fused-ring (bicyclic) bond motifs is 1. The molecule has 5 nitrogen and oxygen atoms in total. The molecule has 0 saturated heterocycles. The summed E-state index contributed by atoms with van der Waals surface area (Å²) in [5.41, 5.74) is 3.90. The first-order valence-electron chi connectivity index (χ1n) is 8.57. The van der Waals surface area contributed by atoms with E-state index in [0.29, 0.717) is 0 Å². The van der Waals surface area contributed by atoms with Gasteiger partial charge in [-0.1, -0.05) is 36.0 Å². The molecule has 0 aliphatic heterocycles. The average molecular weight is 374 g/mol. The molecule has 0 radical (unpaired) electrons. The number of pyridine rings is 1. The SMILES string of the molecule is Cc1ccccc1-n1ccnc1SCC(=O)Nc1ccc2ncccc2c1. The second kappa shape index (κ2) is 7.63. The monoisotopic (exact) mass is 374 g/mol. The number of benzene rings is 2. The second-order valence-electron chi connectivity index (χ2n) is 6.11. The number of rotatable bonds is 5. The molecule has 0 bridgehead atoms. The highest BCUT2D eigenvalue weighted by Gasteiger charge is 2.11. The lowest BCUT2D eigenvalue weighted by Crippen LogP contribution is -2.14. The normalized spacial score (nSPS) is 10.9. The van der Waals surface area contributed by atoms with Crippen molar-refractivity contribution in [3.8, 4) is 5.69 Å². The van der Waals surface area contributed by atoms with Crippen molar-refractivity contribution in [2.45, 2.75) is 12.1 Å². The standard InChI is InChI=1S/C21H18N4OS/c1-15-5-2-3-7-19(15)25-12-11-23-21(25)27-14-20(26)24-17-8-9-18-16(13-17)6-4-10-22-18/h2-13H,14H2,1H3,(H,24,26). The summed E-state index contributed by atoms with van der Waals surface area (Å²) in [5, 5.41) is 4.73. The average Bonchev–Trinajstić information content (AvgIpc) is 3.15. The lowest BCUT2D eigenvalue weighted by atomic mass is 10.2. The van der Waals surface area contributed by atoms with Crippen LogP contribution in [0.5, 0.6) is 0 Å². The molecule has 0 saturated carbocycles. The second-order valence-corrected chi connectivity index (χ2v) is 7.06. The van der Waals surface area contributed by atoms with E-state index in [1.165, 1.54) is 11.8 Å². The van der Waals surface area contributed by atoms with Crippen LogP contribution in [-0.4, -0.2) is 26.2 Å². The number of nitrogens with zero attached hydrogens (tertiary/aromatic N) is 3. The van der Waals surface area contributed by atoms with Gasteiger partial charge in [0.25, 0.3) is 0 Å². The van der Waals surface area contributed by atoms with Crippen LogP contribution in [0.15, 0.2) is 78.3 Å². The van der Waals surface area contributed by atoms with Gasteiger partial charge in [0.2, 0.25) is 5.91 Å². The molecule has 2 heterocycles. The highest BCUT2D eigenvalue weighted by Crippen LogP contribution is 2.23. The lowest BCUT2D eigenvalue weighted by molar-refractivity contribution is -0.113. The molecule has 0 fully saturated rings. The summed E-state index contributed by atoms with van der Waals surface area (Å²) in [6.45, 7) is 2.06. The molecule has 0 spiro atoms. The number of nitrogens with one attached hydrogen (secondary N) is 1. The molecule has 4 rings (SSSR count). The molecule has 0 aliphatic rings. The van der Waals surface area contributed by atoms with Crippen LogP contribution in [0.25, 0.3) is 16.6 Å². The third-order valence-electron chi connectivity index (χ3n) is 4.20. The minimum absolute atomic E-state index is 0.0671. The van der Waals surface area contributed by atoms with Crippen LogP contribution in [0.3, 0.4) is 0 Å². The number of hydrogen-bond acceptors (Lipinski definition) is 4. The molecule has 0 atom stereocenters. The maximum atomic E-state index is 12.4. The van der Waals surface area contributed by atoms with E-state index < -0.39 is 0 Å². The quantitative estimate of drug-likeness (QED) is 0.524. The number of para-hydroxylation sites is 1. The Morgan fingerprint density at radius 3 is 2.85 bits per heavy atom. The van der Waals surface area contributed by atoms with Crippen LogP contribution in [-0.2, 0) is 4.79 Å². The zero-order chi connectivity index (χ0) is 18.6. The zero-order valence-corrected chi connectivity index (χ0v) is 15.6. The Labute approximate surface area is 161 Å². The first kappa shape index (κ1) is 17.3. The maximum absolute atomic E-state index is 12.4. The van der Waals surface area contributed by atoms with Gasteiger partial charge in [-0.15, -0.1) is 0 Å². The number of imidazole rings is 1. The van der Waals surface area contributed by atoms with Gasteiger partial charge in [-0.3, -0.25) is 14.3 Å². The van der Waals surface area contributed by atoms with E-state index in [0.717, 1.165) is 33.0 Å². The molecule has 134 valence electrons. The Kier molecular flexibility index (Phi) is 4.89. The smallest absolute Gasteiger partial charge is 0.234 e. The molecular formula is C21H18N4OS. The predicted molar refractivity (Wildman–Crippen MR) is 109 cm³/mol. The van der Waals surface area contributed by atoms with Crippen LogP contribution >= 0.6 is 11.8 Å². The van der Waals surface area contributed by atoms with Gasteiger partial charge < -0.3 is 5.32 Å². The fraction of sp³-hybridized carbons (Fsp3) is 0.0952. The summed E-state index contributed by atoms with van der Waals surface area (Å²) in [4.78, 5) is 21.1. The Hall–Kier alpha value is -3.12. The fourth-order valence-electron chi connectivity index (χ4n) is 2.89. The zero-order valence-electron chi connectivity index (χ0n) is 14.8. The van der Waals surface area contributed by atoms with Crippen LogP contribution in [0, 0.1) is 6.92 Å². The van der Waals surface area contributed by atoms with E-state index in [9.17, 15) is 4.79 Å². The number of carbonyl (C=O) groups excluding carboxylic acids is 1. The number of thioether (sulfide) groups is 1. The Morgan fingerprint density at radius 1 is 1.07 bits per heavy atom. The van der Waals surface area contributed by atoms with Gasteiger partial charge in [0.05, 0.1) is 17.0 Å². The Balaban J connectivity index is 1.44.